The van der Waals surface area contributed by atoms with Gasteiger partial charge in [-0.2, -0.15) is 0 Å². The summed E-state index contributed by atoms with van der Waals surface area (Å²) in [5, 5.41) is 1.58. The number of nitrogens with zero attached hydrogens (tertiary/aromatic N) is 3. The van der Waals surface area contributed by atoms with Crippen molar-refractivity contribution in [1.82, 2.24) is 15.0 Å². The van der Waals surface area contributed by atoms with Crippen LogP contribution in [0.2, 0.25) is 0 Å². The summed E-state index contributed by atoms with van der Waals surface area (Å²) in [5.74, 6) is 0. The first kappa shape index (κ1) is 12.0. The number of rotatable bonds is 3. The van der Waals surface area contributed by atoms with Gasteiger partial charge in [0, 0.05) is 24.6 Å². The fourth-order valence-electron chi connectivity index (χ4n) is 1.33. The molecule has 0 aliphatic carbocycles. The maximum atomic E-state index is 5.68. The Morgan fingerprint density at radius 2 is 1.88 bits per heavy atom. The van der Waals surface area contributed by atoms with Gasteiger partial charge in [0.05, 0.1) is 0 Å². The van der Waals surface area contributed by atoms with Gasteiger partial charge in [0.15, 0.2) is 5.16 Å². The van der Waals surface area contributed by atoms with E-state index in [-0.39, 0.29) is 0 Å². The molecule has 0 aliphatic rings. The standard InChI is InChI=1S/C12H14N4S/c1-8-6-14-12(15-7-8)17-11-10(5-13)4-3-9(2)16-11/h3-4,6-7H,5,13H2,1-2H3. The maximum absolute atomic E-state index is 5.68. The summed E-state index contributed by atoms with van der Waals surface area (Å²) >= 11 is 1.45. The number of hydrogen-bond acceptors (Lipinski definition) is 5. The summed E-state index contributed by atoms with van der Waals surface area (Å²) in [6.45, 7) is 4.40. The van der Waals surface area contributed by atoms with Crippen molar-refractivity contribution in [1.29, 1.82) is 0 Å². The van der Waals surface area contributed by atoms with Gasteiger partial charge in [-0.05, 0) is 42.8 Å². The molecular formula is C12H14N4S. The van der Waals surface area contributed by atoms with Gasteiger partial charge in [0.25, 0.3) is 0 Å². The van der Waals surface area contributed by atoms with E-state index in [1.54, 1.807) is 12.4 Å². The molecule has 0 fully saturated rings. The average Bonchev–Trinajstić information content (AvgIpc) is 2.32. The molecule has 2 aromatic heterocycles. The van der Waals surface area contributed by atoms with Gasteiger partial charge in [0.2, 0.25) is 0 Å². The van der Waals surface area contributed by atoms with Gasteiger partial charge in [0.1, 0.15) is 5.03 Å². The largest absolute Gasteiger partial charge is 0.326 e. The zero-order chi connectivity index (χ0) is 12.3. The lowest BCUT2D eigenvalue weighted by atomic mass is 10.2. The van der Waals surface area contributed by atoms with Crippen LogP contribution in [0.25, 0.3) is 0 Å². The molecule has 2 rings (SSSR count). The van der Waals surface area contributed by atoms with Crippen LogP contribution < -0.4 is 5.73 Å². The molecule has 2 N–H and O–H groups in total. The van der Waals surface area contributed by atoms with Crippen molar-refractivity contribution in [3.8, 4) is 0 Å². The van der Waals surface area contributed by atoms with E-state index >= 15 is 0 Å². The molecule has 2 aromatic rings. The van der Waals surface area contributed by atoms with Crippen LogP contribution in [0.5, 0.6) is 0 Å². The first-order chi connectivity index (χ1) is 8.19. The molecule has 0 saturated carbocycles. The lowest BCUT2D eigenvalue weighted by Gasteiger charge is -2.06. The second-order valence-corrected chi connectivity index (χ2v) is 4.72. The van der Waals surface area contributed by atoms with Crippen LogP contribution in [0.3, 0.4) is 0 Å². The molecule has 17 heavy (non-hydrogen) atoms. The van der Waals surface area contributed by atoms with E-state index in [9.17, 15) is 0 Å². The lowest BCUT2D eigenvalue weighted by molar-refractivity contribution is 0.915. The fourth-order valence-corrected chi connectivity index (χ4v) is 2.18. The minimum Gasteiger partial charge on any atom is -0.326 e. The first-order valence-corrected chi connectivity index (χ1v) is 6.14. The monoisotopic (exact) mass is 246 g/mol. The van der Waals surface area contributed by atoms with Gasteiger partial charge in [-0.1, -0.05) is 6.07 Å². The normalized spacial score (nSPS) is 10.5. The molecular weight excluding hydrogens is 232 g/mol. The molecule has 0 atom stereocenters. The highest BCUT2D eigenvalue weighted by atomic mass is 32.2. The van der Waals surface area contributed by atoms with Crippen molar-refractivity contribution in [2.45, 2.75) is 30.6 Å². The van der Waals surface area contributed by atoms with Gasteiger partial charge in [-0.3, -0.25) is 0 Å². The van der Waals surface area contributed by atoms with Crippen molar-refractivity contribution in [3.05, 3.63) is 41.3 Å². The molecule has 0 amide bonds. The van der Waals surface area contributed by atoms with E-state index < -0.39 is 0 Å². The summed E-state index contributed by atoms with van der Waals surface area (Å²) in [7, 11) is 0. The number of pyridine rings is 1. The van der Waals surface area contributed by atoms with Crippen LogP contribution in [0.1, 0.15) is 16.8 Å². The van der Waals surface area contributed by atoms with Crippen LogP contribution in [-0.2, 0) is 6.54 Å². The lowest BCUT2D eigenvalue weighted by Crippen LogP contribution is -2.01. The number of hydrogen-bond donors (Lipinski definition) is 1. The number of aryl methyl sites for hydroxylation is 2. The van der Waals surface area contributed by atoms with Crippen LogP contribution in [0.4, 0.5) is 0 Å². The zero-order valence-electron chi connectivity index (χ0n) is 9.84. The fraction of sp³-hybridized carbons (Fsp3) is 0.250. The SMILES string of the molecule is Cc1cnc(Sc2nc(C)ccc2CN)nc1. The van der Waals surface area contributed by atoms with Crippen LogP contribution >= 0.6 is 11.8 Å². The quantitative estimate of drug-likeness (QED) is 0.840. The highest BCUT2D eigenvalue weighted by molar-refractivity contribution is 7.99. The van der Waals surface area contributed by atoms with E-state index in [1.807, 2.05) is 26.0 Å². The Hall–Kier alpha value is -1.46. The third kappa shape index (κ3) is 3.01. The second kappa shape index (κ2) is 5.25. The van der Waals surface area contributed by atoms with Gasteiger partial charge in [-0.25, -0.2) is 15.0 Å². The average molecular weight is 246 g/mol. The molecule has 4 nitrogen and oxygen atoms in total. The summed E-state index contributed by atoms with van der Waals surface area (Å²) in [6, 6.07) is 3.96. The molecule has 0 spiro atoms. The van der Waals surface area contributed by atoms with Gasteiger partial charge < -0.3 is 5.73 Å². The molecule has 5 heteroatoms. The molecule has 0 saturated heterocycles. The van der Waals surface area contributed by atoms with Crippen molar-refractivity contribution in [3.63, 3.8) is 0 Å². The molecule has 0 radical (unpaired) electrons. The van der Waals surface area contributed by atoms with E-state index in [4.69, 9.17) is 5.73 Å². The smallest absolute Gasteiger partial charge is 0.193 e. The Morgan fingerprint density at radius 3 is 2.53 bits per heavy atom. The van der Waals surface area contributed by atoms with Crippen molar-refractivity contribution in [2.75, 3.05) is 0 Å². The predicted molar refractivity (Wildman–Crippen MR) is 67.8 cm³/mol. The van der Waals surface area contributed by atoms with Crippen LogP contribution in [0, 0.1) is 13.8 Å². The molecule has 88 valence electrons. The molecule has 0 unspecified atom stereocenters. The predicted octanol–water partition coefficient (Wildman–Crippen LogP) is 2.10. The third-order valence-corrected chi connectivity index (χ3v) is 3.18. The summed E-state index contributed by atoms with van der Waals surface area (Å²) in [5.41, 5.74) is 8.72. The third-order valence-electron chi connectivity index (χ3n) is 2.24. The second-order valence-electron chi connectivity index (χ2n) is 3.77. The Morgan fingerprint density at radius 1 is 1.18 bits per heavy atom. The molecule has 0 aromatic carbocycles. The Bertz CT molecular complexity index is 510. The topological polar surface area (TPSA) is 64.7 Å². The minimum atomic E-state index is 0.474. The molecule has 0 aliphatic heterocycles. The highest BCUT2D eigenvalue weighted by Crippen LogP contribution is 2.25. The van der Waals surface area contributed by atoms with Gasteiger partial charge >= 0.3 is 0 Å². The summed E-state index contributed by atoms with van der Waals surface area (Å²) in [4.78, 5) is 13.0. The van der Waals surface area contributed by atoms with Crippen molar-refractivity contribution < 1.29 is 0 Å². The zero-order valence-corrected chi connectivity index (χ0v) is 10.7. The molecule has 2 heterocycles. The van der Waals surface area contributed by atoms with Gasteiger partial charge in [-0.15, -0.1) is 0 Å². The van der Waals surface area contributed by atoms with E-state index in [2.05, 4.69) is 15.0 Å². The Labute approximate surface area is 105 Å². The van der Waals surface area contributed by atoms with Crippen molar-refractivity contribution >= 4 is 11.8 Å². The number of aromatic nitrogens is 3. The first-order valence-electron chi connectivity index (χ1n) is 5.32. The Balaban J connectivity index is 2.28. The summed E-state index contributed by atoms with van der Waals surface area (Å²) < 4.78 is 0. The Kier molecular flexibility index (Phi) is 3.71. The number of nitrogens with two attached hydrogens (primary N) is 1. The molecule has 0 bridgehead atoms. The minimum absolute atomic E-state index is 0.474. The summed E-state index contributed by atoms with van der Waals surface area (Å²) in [6.07, 6.45) is 3.60. The van der Waals surface area contributed by atoms with Crippen LogP contribution in [0.15, 0.2) is 34.7 Å². The van der Waals surface area contributed by atoms with E-state index in [1.165, 1.54) is 11.8 Å². The van der Waals surface area contributed by atoms with Crippen LogP contribution in [-0.4, -0.2) is 15.0 Å². The maximum Gasteiger partial charge on any atom is 0.193 e. The van der Waals surface area contributed by atoms with Crippen molar-refractivity contribution in [2.24, 2.45) is 5.73 Å². The van der Waals surface area contributed by atoms with E-state index in [0.717, 1.165) is 21.8 Å². The van der Waals surface area contributed by atoms with E-state index in [0.29, 0.717) is 11.7 Å². The highest BCUT2D eigenvalue weighted by Gasteiger charge is 2.07.